The van der Waals surface area contributed by atoms with Crippen molar-refractivity contribution in [1.29, 1.82) is 0 Å². The fourth-order valence-electron chi connectivity index (χ4n) is 3.05. The lowest BCUT2D eigenvalue weighted by atomic mass is 10.1. The van der Waals surface area contributed by atoms with E-state index >= 15 is 0 Å². The third-order valence-electron chi connectivity index (χ3n) is 4.40. The quantitative estimate of drug-likeness (QED) is 0.854. The molecule has 0 aliphatic carbocycles. The molecular weight excluding hydrogens is 319 g/mol. The summed E-state index contributed by atoms with van der Waals surface area (Å²) in [5.41, 5.74) is 1.82. The average molecular weight is 342 g/mol. The second kappa shape index (κ2) is 7.61. The van der Waals surface area contributed by atoms with Gasteiger partial charge in [0.15, 0.2) is 11.6 Å². The molecule has 0 N–H and O–H groups in total. The molecule has 1 fully saturated rings. The molecule has 1 aromatic heterocycles. The van der Waals surface area contributed by atoms with E-state index in [-0.39, 0.29) is 11.7 Å². The Balaban J connectivity index is 1.60. The topological polar surface area (TPSA) is 39.7 Å². The number of piperazine rings is 1. The van der Waals surface area contributed by atoms with Crippen LogP contribution >= 0.6 is 0 Å². The molecule has 2 heterocycles. The molecule has 1 aliphatic rings. The smallest absolute Gasteiger partial charge is 0.253 e. The molecule has 3 rings (SSSR count). The highest BCUT2D eigenvalue weighted by molar-refractivity contribution is 5.94. The van der Waals surface area contributed by atoms with Gasteiger partial charge >= 0.3 is 0 Å². The van der Waals surface area contributed by atoms with E-state index in [1.807, 2.05) is 29.2 Å². The number of amides is 1. The van der Waals surface area contributed by atoms with Crippen molar-refractivity contribution in [2.45, 2.75) is 6.54 Å². The van der Waals surface area contributed by atoms with Crippen LogP contribution in [0.4, 0.5) is 10.2 Å². The molecule has 0 atom stereocenters. The molecule has 6 heteroatoms. The number of aromatic nitrogens is 1. The number of rotatable bonds is 4. The first-order valence-electron chi connectivity index (χ1n) is 8.43. The Kier molecular flexibility index (Phi) is 5.28. The zero-order valence-corrected chi connectivity index (χ0v) is 14.7. The Labute approximate surface area is 147 Å². The first-order chi connectivity index (χ1) is 12.0. The predicted octanol–water partition coefficient (Wildman–Crippen LogP) is 2.24. The lowest BCUT2D eigenvalue weighted by Gasteiger charge is -2.35. The van der Waals surface area contributed by atoms with Crippen molar-refractivity contribution in [3.8, 4) is 0 Å². The molecule has 1 saturated heterocycles. The number of carbonyl (C=O) groups is 1. The van der Waals surface area contributed by atoms with Crippen LogP contribution in [0.5, 0.6) is 0 Å². The van der Waals surface area contributed by atoms with E-state index in [1.54, 1.807) is 31.3 Å². The minimum absolute atomic E-state index is 0.0114. The SMILES string of the molecule is CN(C)C(=O)c1cccc(CN2CCN(c3ncccc3F)CC2)c1. The lowest BCUT2D eigenvalue weighted by Crippen LogP contribution is -2.46. The van der Waals surface area contributed by atoms with E-state index in [1.165, 1.54) is 6.07 Å². The first kappa shape index (κ1) is 17.4. The Morgan fingerprint density at radius 1 is 1.16 bits per heavy atom. The van der Waals surface area contributed by atoms with Crippen molar-refractivity contribution in [3.63, 3.8) is 0 Å². The summed E-state index contributed by atoms with van der Waals surface area (Å²) in [4.78, 5) is 22.1. The maximum atomic E-state index is 13.8. The second-order valence-corrected chi connectivity index (χ2v) is 6.47. The van der Waals surface area contributed by atoms with E-state index in [0.29, 0.717) is 11.4 Å². The summed E-state index contributed by atoms with van der Waals surface area (Å²) in [7, 11) is 3.51. The molecular formula is C19H23FN4O. The molecule has 1 amide bonds. The van der Waals surface area contributed by atoms with E-state index in [4.69, 9.17) is 0 Å². The molecule has 0 bridgehead atoms. The highest BCUT2D eigenvalue weighted by Crippen LogP contribution is 2.18. The number of benzene rings is 1. The third kappa shape index (κ3) is 4.14. The lowest BCUT2D eigenvalue weighted by molar-refractivity contribution is 0.0827. The molecule has 25 heavy (non-hydrogen) atoms. The van der Waals surface area contributed by atoms with Crippen LogP contribution in [0.15, 0.2) is 42.6 Å². The maximum Gasteiger partial charge on any atom is 0.253 e. The summed E-state index contributed by atoms with van der Waals surface area (Å²) in [6.07, 6.45) is 1.62. The van der Waals surface area contributed by atoms with Gasteiger partial charge in [-0.1, -0.05) is 12.1 Å². The first-order valence-corrected chi connectivity index (χ1v) is 8.43. The van der Waals surface area contributed by atoms with E-state index in [9.17, 15) is 9.18 Å². The van der Waals surface area contributed by atoms with Crippen LogP contribution in [0.25, 0.3) is 0 Å². The largest absolute Gasteiger partial charge is 0.352 e. The van der Waals surface area contributed by atoms with Gasteiger partial charge in [-0.15, -0.1) is 0 Å². The van der Waals surface area contributed by atoms with Gasteiger partial charge in [0.2, 0.25) is 0 Å². The molecule has 1 aromatic carbocycles. The fraction of sp³-hybridized carbons (Fsp3) is 0.368. The van der Waals surface area contributed by atoms with Crippen molar-refractivity contribution < 1.29 is 9.18 Å². The summed E-state index contributed by atoms with van der Waals surface area (Å²) >= 11 is 0. The molecule has 2 aromatic rings. The van der Waals surface area contributed by atoms with Crippen LogP contribution < -0.4 is 4.90 Å². The molecule has 0 spiro atoms. The van der Waals surface area contributed by atoms with Gasteiger partial charge in [-0.2, -0.15) is 0 Å². The van der Waals surface area contributed by atoms with Gasteiger partial charge in [-0.3, -0.25) is 9.69 Å². The van der Waals surface area contributed by atoms with E-state index < -0.39 is 0 Å². The fourth-order valence-corrected chi connectivity index (χ4v) is 3.05. The van der Waals surface area contributed by atoms with Crippen molar-refractivity contribution in [3.05, 3.63) is 59.5 Å². The number of halogens is 1. The summed E-state index contributed by atoms with van der Waals surface area (Å²) in [5.74, 6) is 0.170. The highest BCUT2D eigenvalue weighted by Gasteiger charge is 2.20. The number of pyridine rings is 1. The van der Waals surface area contributed by atoms with Gasteiger partial charge in [-0.05, 0) is 29.8 Å². The van der Waals surface area contributed by atoms with Crippen LogP contribution in [0.2, 0.25) is 0 Å². The van der Waals surface area contributed by atoms with Crippen LogP contribution in [-0.4, -0.2) is 61.0 Å². The second-order valence-electron chi connectivity index (χ2n) is 6.47. The summed E-state index contributed by atoms with van der Waals surface area (Å²) in [6.45, 7) is 3.94. The Bertz CT molecular complexity index is 742. The number of hydrogen-bond donors (Lipinski definition) is 0. The number of carbonyl (C=O) groups excluding carboxylic acids is 1. The predicted molar refractivity (Wildman–Crippen MR) is 96.1 cm³/mol. The molecule has 1 aliphatic heterocycles. The molecule has 0 saturated carbocycles. The normalized spacial score (nSPS) is 15.2. The summed E-state index contributed by atoms with van der Waals surface area (Å²) < 4.78 is 13.8. The average Bonchev–Trinajstić information content (AvgIpc) is 2.62. The van der Waals surface area contributed by atoms with Gasteiger partial charge in [0.05, 0.1) is 0 Å². The van der Waals surface area contributed by atoms with E-state index in [0.717, 1.165) is 38.3 Å². The number of nitrogens with zero attached hydrogens (tertiary/aromatic N) is 4. The summed E-state index contributed by atoms with van der Waals surface area (Å²) in [5, 5.41) is 0. The van der Waals surface area contributed by atoms with Crippen molar-refractivity contribution in [2.24, 2.45) is 0 Å². The Morgan fingerprint density at radius 2 is 1.92 bits per heavy atom. The maximum absolute atomic E-state index is 13.8. The number of anilines is 1. The van der Waals surface area contributed by atoms with E-state index in [2.05, 4.69) is 9.88 Å². The van der Waals surface area contributed by atoms with Gasteiger partial charge in [0.25, 0.3) is 5.91 Å². The zero-order valence-electron chi connectivity index (χ0n) is 14.7. The van der Waals surface area contributed by atoms with Crippen molar-refractivity contribution in [1.82, 2.24) is 14.8 Å². The van der Waals surface area contributed by atoms with Crippen LogP contribution in [-0.2, 0) is 6.54 Å². The molecule has 5 nitrogen and oxygen atoms in total. The van der Waals surface area contributed by atoms with Gasteiger partial charge in [0, 0.05) is 58.6 Å². The standard InChI is InChI=1S/C19H23FN4O/c1-22(2)19(25)16-6-3-5-15(13-16)14-23-9-11-24(12-10-23)18-17(20)7-4-8-21-18/h3-8,13H,9-12,14H2,1-2H3. The Morgan fingerprint density at radius 3 is 2.60 bits per heavy atom. The van der Waals surface area contributed by atoms with Gasteiger partial charge in [-0.25, -0.2) is 9.37 Å². The minimum Gasteiger partial charge on any atom is -0.352 e. The summed E-state index contributed by atoms with van der Waals surface area (Å²) in [6, 6.07) is 10.8. The van der Waals surface area contributed by atoms with Crippen molar-refractivity contribution >= 4 is 11.7 Å². The van der Waals surface area contributed by atoms with Crippen LogP contribution in [0.3, 0.4) is 0 Å². The molecule has 132 valence electrons. The zero-order chi connectivity index (χ0) is 17.8. The monoisotopic (exact) mass is 342 g/mol. The molecule has 0 radical (unpaired) electrons. The van der Waals surface area contributed by atoms with Crippen LogP contribution in [0, 0.1) is 5.82 Å². The van der Waals surface area contributed by atoms with Crippen molar-refractivity contribution in [2.75, 3.05) is 45.2 Å². The Hall–Kier alpha value is -2.47. The van der Waals surface area contributed by atoms with Crippen LogP contribution in [0.1, 0.15) is 15.9 Å². The third-order valence-corrected chi connectivity index (χ3v) is 4.40. The highest BCUT2D eigenvalue weighted by atomic mass is 19.1. The minimum atomic E-state index is -0.272. The van der Waals surface area contributed by atoms with Gasteiger partial charge in [0.1, 0.15) is 0 Å². The van der Waals surface area contributed by atoms with Gasteiger partial charge < -0.3 is 9.80 Å². The number of hydrogen-bond acceptors (Lipinski definition) is 4. The molecule has 0 unspecified atom stereocenters.